The van der Waals surface area contributed by atoms with Crippen LogP contribution in [-0.4, -0.2) is 19.5 Å². The molecule has 0 unspecified atom stereocenters. The van der Waals surface area contributed by atoms with Crippen molar-refractivity contribution >= 4 is 11.8 Å². The molecule has 13 heavy (non-hydrogen) atoms. The molecule has 0 atom stereocenters. The Morgan fingerprint density at radius 1 is 1.15 bits per heavy atom. The lowest BCUT2D eigenvalue weighted by atomic mass is 10.4. The minimum Gasteiger partial charge on any atom is -0.460 e. The van der Waals surface area contributed by atoms with E-state index in [1.807, 2.05) is 20.1 Å². The number of hydrogen-bond donors (Lipinski definition) is 0. The quantitative estimate of drug-likeness (QED) is 0.487. The molecular weight excluding hydrogens is 184 g/mol. The van der Waals surface area contributed by atoms with Crippen LogP contribution in [0.4, 0.5) is 0 Å². The molecule has 0 rings (SSSR count). The van der Waals surface area contributed by atoms with Gasteiger partial charge >= 0.3 is 5.95 Å². The Balaban J connectivity index is 4.53. The lowest BCUT2D eigenvalue weighted by molar-refractivity contribution is 0.0476. The average molecular weight is 202 g/mol. The predicted octanol–water partition coefficient (Wildman–Crippen LogP) is 3.16. The molecule has 0 heterocycles. The van der Waals surface area contributed by atoms with Crippen molar-refractivity contribution in [3.05, 3.63) is 16.6 Å². The highest BCUT2D eigenvalue weighted by Gasteiger charge is 1.96. The van der Waals surface area contributed by atoms with Crippen LogP contribution in [0.15, 0.2) is 16.6 Å². The molecule has 0 aromatic rings. The van der Waals surface area contributed by atoms with Crippen LogP contribution in [-0.2, 0) is 9.47 Å². The van der Waals surface area contributed by atoms with E-state index in [1.165, 1.54) is 0 Å². The van der Waals surface area contributed by atoms with Crippen molar-refractivity contribution < 1.29 is 9.47 Å². The fraction of sp³-hybridized carbons (Fsp3) is 0.700. The Bertz CT molecular complexity index is 179. The molecule has 0 aliphatic carbocycles. The molecule has 0 radical (unpaired) electrons. The highest BCUT2D eigenvalue weighted by molar-refractivity contribution is 8.02. The van der Waals surface area contributed by atoms with E-state index in [9.17, 15) is 0 Å². The van der Waals surface area contributed by atoms with E-state index in [1.54, 1.807) is 11.8 Å². The minimum atomic E-state index is 0.510. The maximum Gasteiger partial charge on any atom is 0.328 e. The molecule has 0 aromatic carbocycles. The van der Waals surface area contributed by atoms with Gasteiger partial charge in [0.1, 0.15) is 0 Å². The number of rotatable bonds is 6. The van der Waals surface area contributed by atoms with Gasteiger partial charge in [-0.15, -0.1) is 11.8 Å². The average Bonchev–Trinajstić information content (AvgIpc) is 2.14. The number of ether oxygens (including phenoxy) is 2. The first-order valence-corrected chi connectivity index (χ1v) is 5.80. The zero-order valence-electron chi connectivity index (χ0n) is 8.85. The van der Waals surface area contributed by atoms with Crippen LogP contribution in [0.25, 0.3) is 0 Å². The molecule has 0 saturated carbocycles. The lowest BCUT2D eigenvalue weighted by Gasteiger charge is -2.06. The summed E-state index contributed by atoms with van der Waals surface area (Å²) >= 11 is 1.67. The Labute approximate surface area is 85.0 Å². The maximum atomic E-state index is 5.27. The van der Waals surface area contributed by atoms with Crippen molar-refractivity contribution in [2.45, 2.75) is 27.2 Å². The summed E-state index contributed by atoms with van der Waals surface area (Å²) in [6.07, 6.45) is 2.99. The molecule has 0 saturated heterocycles. The van der Waals surface area contributed by atoms with Crippen LogP contribution in [0.3, 0.4) is 0 Å². The largest absolute Gasteiger partial charge is 0.460 e. The smallest absolute Gasteiger partial charge is 0.328 e. The summed E-state index contributed by atoms with van der Waals surface area (Å²) in [5, 5.41) is 0. The summed E-state index contributed by atoms with van der Waals surface area (Å²) < 4.78 is 10.5. The van der Waals surface area contributed by atoms with Crippen molar-refractivity contribution in [1.29, 1.82) is 0 Å². The van der Waals surface area contributed by atoms with Crippen LogP contribution in [0.1, 0.15) is 27.2 Å². The summed E-state index contributed by atoms with van der Waals surface area (Å²) in [4.78, 5) is 1.15. The van der Waals surface area contributed by atoms with E-state index >= 15 is 0 Å². The van der Waals surface area contributed by atoms with Crippen LogP contribution in [0.5, 0.6) is 0 Å². The first kappa shape index (κ1) is 12.5. The Morgan fingerprint density at radius 2 is 1.69 bits per heavy atom. The molecule has 0 N–H and O–H groups in total. The SMILES string of the molecule is CCOC(=C=C(CC)SC)OCC. The van der Waals surface area contributed by atoms with Gasteiger partial charge in [-0.25, -0.2) is 0 Å². The van der Waals surface area contributed by atoms with E-state index in [4.69, 9.17) is 9.47 Å². The monoisotopic (exact) mass is 202 g/mol. The third-order valence-electron chi connectivity index (χ3n) is 1.36. The summed E-state index contributed by atoms with van der Waals surface area (Å²) in [6, 6.07) is 0. The van der Waals surface area contributed by atoms with Gasteiger partial charge in [0.2, 0.25) is 0 Å². The van der Waals surface area contributed by atoms with E-state index in [-0.39, 0.29) is 0 Å². The van der Waals surface area contributed by atoms with E-state index in [0.717, 1.165) is 11.3 Å². The van der Waals surface area contributed by atoms with Crippen LogP contribution in [0.2, 0.25) is 0 Å². The van der Waals surface area contributed by atoms with E-state index in [2.05, 4.69) is 12.7 Å². The zero-order chi connectivity index (χ0) is 10.1. The van der Waals surface area contributed by atoms with E-state index < -0.39 is 0 Å². The van der Waals surface area contributed by atoms with Crippen molar-refractivity contribution in [2.24, 2.45) is 0 Å². The van der Waals surface area contributed by atoms with Crippen molar-refractivity contribution in [2.75, 3.05) is 19.5 Å². The molecule has 3 heteroatoms. The third kappa shape index (κ3) is 5.67. The Hall–Kier alpha value is -0.530. The molecule has 0 fully saturated rings. The minimum absolute atomic E-state index is 0.510. The van der Waals surface area contributed by atoms with Crippen molar-refractivity contribution in [3.8, 4) is 0 Å². The molecule has 76 valence electrons. The first-order chi connectivity index (χ1) is 6.28. The highest BCUT2D eigenvalue weighted by atomic mass is 32.2. The topological polar surface area (TPSA) is 18.5 Å². The predicted molar refractivity (Wildman–Crippen MR) is 57.6 cm³/mol. The molecule has 2 nitrogen and oxygen atoms in total. The molecule has 0 bridgehead atoms. The fourth-order valence-electron chi connectivity index (χ4n) is 0.774. The van der Waals surface area contributed by atoms with Crippen LogP contribution >= 0.6 is 11.8 Å². The normalized spacial score (nSPS) is 8.92. The van der Waals surface area contributed by atoms with Crippen molar-refractivity contribution in [1.82, 2.24) is 0 Å². The van der Waals surface area contributed by atoms with Gasteiger partial charge in [-0.2, -0.15) is 0 Å². The van der Waals surface area contributed by atoms with Gasteiger partial charge in [0, 0.05) is 4.91 Å². The first-order valence-electron chi connectivity index (χ1n) is 4.57. The van der Waals surface area contributed by atoms with Gasteiger partial charge in [-0.1, -0.05) is 6.92 Å². The molecule has 0 spiro atoms. The molecule has 0 aliphatic heterocycles. The Morgan fingerprint density at radius 3 is 2.00 bits per heavy atom. The maximum absolute atomic E-state index is 5.27. The van der Waals surface area contributed by atoms with Gasteiger partial charge in [0.25, 0.3) is 0 Å². The Kier molecular flexibility index (Phi) is 7.76. The standard InChI is InChI=1S/C10H18O2S/c1-5-9(13-4)8-10(11-6-2)12-7-3/h5-7H2,1-4H3. The molecular formula is C10H18O2S. The third-order valence-corrected chi connectivity index (χ3v) is 2.24. The fourth-order valence-corrected chi connectivity index (χ4v) is 1.25. The van der Waals surface area contributed by atoms with Gasteiger partial charge in [-0.05, 0) is 32.3 Å². The van der Waals surface area contributed by atoms with Gasteiger partial charge < -0.3 is 9.47 Å². The summed E-state index contributed by atoms with van der Waals surface area (Å²) in [5.74, 6) is 0.510. The second-order valence-electron chi connectivity index (χ2n) is 2.26. The summed E-state index contributed by atoms with van der Waals surface area (Å²) in [6.45, 7) is 7.20. The van der Waals surface area contributed by atoms with Crippen molar-refractivity contribution in [3.63, 3.8) is 0 Å². The zero-order valence-corrected chi connectivity index (χ0v) is 9.66. The van der Waals surface area contributed by atoms with Crippen LogP contribution in [0, 0.1) is 0 Å². The molecule has 0 aliphatic rings. The number of hydrogen-bond acceptors (Lipinski definition) is 3. The van der Waals surface area contributed by atoms with Gasteiger partial charge in [-0.3, -0.25) is 0 Å². The summed E-state index contributed by atoms with van der Waals surface area (Å²) in [5.41, 5.74) is 3.11. The van der Waals surface area contributed by atoms with E-state index in [0.29, 0.717) is 19.2 Å². The van der Waals surface area contributed by atoms with Crippen LogP contribution < -0.4 is 0 Å². The number of thioether (sulfide) groups is 1. The highest BCUT2D eigenvalue weighted by Crippen LogP contribution is 2.14. The molecule has 0 amide bonds. The molecule has 0 aromatic heterocycles. The second kappa shape index (κ2) is 8.09. The summed E-state index contributed by atoms with van der Waals surface area (Å²) in [7, 11) is 0. The number of allylic oxidation sites excluding steroid dienone is 1. The van der Waals surface area contributed by atoms with Gasteiger partial charge in [0.15, 0.2) is 0 Å². The van der Waals surface area contributed by atoms with Gasteiger partial charge in [0.05, 0.1) is 13.2 Å². The second-order valence-corrected chi connectivity index (χ2v) is 3.16. The lowest BCUT2D eigenvalue weighted by Crippen LogP contribution is -1.96.